The number of thioether (sulfide) groups is 1. The predicted molar refractivity (Wildman–Crippen MR) is 151 cm³/mol. The van der Waals surface area contributed by atoms with E-state index in [2.05, 4.69) is 28.9 Å². The van der Waals surface area contributed by atoms with Crippen LogP contribution in [0.5, 0.6) is 0 Å². The van der Waals surface area contributed by atoms with Gasteiger partial charge in [0.05, 0.1) is 58.6 Å². The number of ether oxygens (including phenoxy) is 3. The number of rotatable bonds is 28. The van der Waals surface area contributed by atoms with Gasteiger partial charge in [0, 0.05) is 32.4 Å². The van der Waals surface area contributed by atoms with Gasteiger partial charge in [-0.15, -0.1) is 0 Å². The largest absolute Gasteiger partial charge is 0.503 e. The first kappa shape index (κ1) is 42.5. The molecular formula is C22H47FN2O13P2S. The molecule has 0 heterocycles. The number of phosphoric acid groups is 2. The number of unbranched alkanes of at least 4 members (excludes halogenated alkanes) is 3. The van der Waals surface area contributed by atoms with Crippen molar-refractivity contribution in [3.8, 4) is 0 Å². The second-order valence-corrected chi connectivity index (χ2v) is 11.6. The lowest BCUT2D eigenvalue weighted by Crippen LogP contribution is -2.28. The first-order valence-corrected chi connectivity index (χ1v) is 17.4. The summed E-state index contributed by atoms with van der Waals surface area (Å²) in [6.45, 7) is 6.45. The molecule has 0 fully saturated rings. The topological polar surface area (TPSA) is 197 Å². The van der Waals surface area contributed by atoms with Gasteiger partial charge in [0.1, 0.15) is 0 Å². The van der Waals surface area contributed by atoms with E-state index >= 15 is 0 Å². The summed E-state index contributed by atoms with van der Waals surface area (Å²) in [7, 11) is -7.47. The average Bonchev–Trinajstić information content (AvgIpc) is 2.96. The number of nitrogens with one attached hydrogen (secondary N) is 2. The van der Waals surface area contributed by atoms with E-state index in [1.54, 1.807) is 0 Å². The van der Waals surface area contributed by atoms with Crippen molar-refractivity contribution in [2.75, 3.05) is 84.6 Å². The highest BCUT2D eigenvalue weighted by Gasteiger charge is 2.21. The van der Waals surface area contributed by atoms with Crippen molar-refractivity contribution in [2.45, 2.75) is 46.0 Å². The van der Waals surface area contributed by atoms with Gasteiger partial charge in [-0.1, -0.05) is 31.4 Å². The highest BCUT2D eigenvalue weighted by molar-refractivity contribution is 7.99. The second-order valence-electron chi connectivity index (χ2n) is 7.61. The number of carbonyl (C=O) groups excluding carboxylic acids is 2. The third kappa shape index (κ3) is 32.1. The standard InChI is InChI=1S/C20H41FN2O13P2S.C2H6/c1-30-37(26,27)35-16-15-33-14-13-32-12-11-31-10-8-23-19(24)6-17-39-18-20(25)22-7-4-2-3-5-9-34-38(28,29)36-21;1-2/h2-18H2,1H3,(H,22,25)(H,23,24)(H,26,27)(H,28,29);1-2H3. The van der Waals surface area contributed by atoms with Crippen molar-refractivity contribution in [1.29, 1.82) is 0 Å². The van der Waals surface area contributed by atoms with E-state index < -0.39 is 15.6 Å². The summed E-state index contributed by atoms with van der Waals surface area (Å²) in [5.41, 5.74) is 0. The highest BCUT2D eigenvalue weighted by atomic mass is 32.2. The summed E-state index contributed by atoms with van der Waals surface area (Å²) in [4.78, 5) is 41.3. The molecule has 0 spiro atoms. The Morgan fingerprint density at radius 2 is 1.27 bits per heavy atom. The number of phosphoric ester groups is 2. The Bertz CT molecular complexity index is 744. The van der Waals surface area contributed by atoms with E-state index in [0.29, 0.717) is 58.1 Å². The van der Waals surface area contributed by atoms with Gasteiger partial charge >= 0.3 is 15.6 Å². The fourth-order valence-electron chi connectivity index (χ4n) is 2.55. The van der Waals surface area contributed by atoms with Crippen molar-refractivity contribution >= 4 is 39.2 Å². The van der Waals surface area contributed by atoms with E-state index in [9.17, 15) is 23.2 Å². The number of carbonyl (C=O) groups is 2. The van der Waals surface area contributed by atoms with Gasteiger partial charge in [-0.25, -0.2) is 9.13 Å². The van der Waals surface area contributed by atoms with Crippen LogP contribution < -0.4 is 10.6 Å². The maximum absolute atomic E-state index is 11.8. The first-order chi connectivity index (χ1) is 19.6. The van der Waals surface area contributed by atoms with E-state index in [4.69, 9.17) is 24.0 Å². The van der Waals surface area contributed by atoms with Crippen LogP contribution in [0.4, 0.5) is 4.53 Å². The molecule has 0 aliphatic rings. The molecule has 0 aliphatic carbocycles. The molecule has 0 aliphatic heterocycles. The predicted octanol–water partition coefficient (Wildman–Crippen LogP) is 2.76. The zero-order valence-electron chi connectivity index (χ0n) is 24.1. The summed E-state index contributed by atoms with van der Waals surface area (Å²) < 4.78 is 65.2. The molecule has 2 unspecified atom stereocenters. The Hall–Kier alpha value is -0.680. The molecule has 41 heavy (non-hydrogen) atoms. The molecule has 2 atom stereocenters. The number of halogens is 1. The van der Waals surface area contributed by atoms with Crippen molar-refractivity contribution in [3.63, 3.8) is 0 Å². The summed E-state index contributed by atoms with van der Waals surface area (Å²) in [5.74, 6) is 0.495. The molecule has 4 N–H and O–H groups in total. The molecule has 15 nitrogen and oxygen atoms in total. The second kappa shape index (κ2) is 29.4. The van der Waals surface area contributed by atoms with Gasteiger partial charge in [-0.05, 0) is 17.4 Å². The van der Waals surface area contributed by atoms with Crippen molar-refractivity contribution in [2.24, 2.45) is 0 Å². The van der Waals surface area contributed by atoms with Crippen LogP contribution in [0.2, 0.25) is 0 Å². The van der Waals surface area contributed by atoms with Gasteiger partial charge in [0.15, 0.2) is 0 Å². The number of hydrogen-bond donors (Lipinski definition) is 4. The highest BCUT2D eigenvalue weighted by Crippen LogP contribution is 2.43. The minimum absolute atomic E-state index is 0.0762. The van der Waals surface area contributed by atoms with Gasteiger partial charge in [0.25, 0.3) is 0 Å². The Morgan fingerprint density at radius 3 is 1.88 bits per heavy atom. The molecule has 0 rings (SSSR count). The monoisotopic (exact) mass is 660 g/mol. The zero-order valence-corrected chi connectivity index (χ0v) is 26.7. The Labute approximate surface area is 246 Å². The number of amides is 2. The molecule has 0 saturated heterocycles. The summed E-state index contributed by atoms with van der Waals surface area (Å²) >= 11 is 1.36. The third-order valence-corrected chi connectivity index (χ3v) is 7.08. The van der Waals surface area contributed by atoms with Crippen molar-refractivity contribution in [1.82, 2.24) is 10.6 Å². The number of hydrogen-bond acceptors (Lipinski definition) is 12. The lowest BCUT2D eigenvalue weighted by molar-refractivity contribution is -0.121. The molecule has 0 bridgehead atoms. The van der Waals surface area contributed by atoms with E-state index in [-0.39, 0.29) is 50.4 Å². The van der Waals surface area contributed by atoms with Crippen LogP contribution in [-0.2, 0) is 51.2 Å². The SMILES string of the molecule is CC.COP(=O)(O)OCCOCCOCCOCCNC(=O)CCSCC(=O)NCCCCCCOP(=O)(O)OF. The summed E-state index contributed by atoms with van der Waals surface area (Å²) in [6.07, 6.45) is 2.92. The molecule has 0 saturated carbocycles. The molecule has 2 amide bonds. The van der Waals surface area contributed by atoms with E-state index in [1.165, 1.54) is 11.8 Å². The first-order valence-electron chi connectivity index (χ1n) is 13.3. The molecule has 0 radical (unpaired) electrons. The minimum Gasteiger partial charge on any atom is -0.377 e. The van der Waals surface area contributed by atoms with E-state index in [1.807, 2.05) is 13.8 Å². The van der Waals surface area contributed by atoms with Crippen LogP contribution in [0.25, 0.3) is 0 Å². The van der Waals surface area contributed by atoms with Crippen LogP contribution >= 0.6 is 27.4 Å². The zero-order chi connectivity index (χ0) is 31.2. The van der Waals surface area contributed by atoms with Crippen LogP contribution in [0, 0.1) is 0 Å². The quantitative estimate of drug-likeness (QED) is 0.0706. The molecule has 0 aromatic rings. The normalized spacial score (nSPS) is 13.9. The maximum Gasteiger partial charge on any atom is 0.503 e. The lowest BCUT2D eigenvalue weighted by Gasteiger charge is -2.10. The Balaban J connectivity index is 0. The average molecular weight is 661 g/mol. The van der Waals surface area contributed by atoms with Gasteiger partial charge < -0.3 is 34.6 Å². The fourth-order valence-corrected chi connectivity index (χ4v) is 4.12. The molecular weight excluding hydrogens is 613 g/mol. The van der Waals surface area contributed by atoms with Crippen LogP contribution in [0.15, 0.2) is 0 Å². The molecule has 246 valence electrons. The Morgan fingerprint density at radius 1 is 0.732 bits per heavy atom. The van der Waals surface area contributed by atoms with Crippen molar-refractivity contribution in [3.05, 3.63) is 0 Å². The van der Waals surface area contributed by atoms with Gasteiger partial charge in [-0.3, -0.25) is 23.2 Å². The fraction of sp³-hybridized carbons (Fsp3) is 0.909. The lowest BCUT2D eigenvalue weighted by atomic mass is 10.2. The smallest absolute Gasteiger partial charge is 0.377 e. The minimum atomic E-state index is -4.57. The molecule has 19 heteroatoms. The van der Waals surface area contributed by atoms with Crippen LogP contribution in [0.3, 0.4) is 0 Å². The molecule has 0 aromatic heterocycles. The van der Waals surface area contributed by atoms with Crippen molar-refractivity contribution < 1.29 is 65.5 Å². The van der Waals surface area contributed by atoms with E-state index in [0.717, 1.165) is 20.0 Å². The van der Waals surface area contributed by atoms with Gasteiger partial charge in [-0.2, -0.15) is 11.8 Å². The summed E-state index contributed by atoms with van der Waals surface area (Å²) in [6, 6.07) is 0. The van der Waals surface area contributed by atoms with Gasteiger partial charge in [0.2, 0.25) is 11.8 Å². The summed E-state index contributed by atoms with van der Waals surface area (Å²) in [5, 5.41) is 5.50. The maximum atomic E-state index is 11.8. The molecule has 0 aromatic carbocycles. The van der Waals surface area contributed by atoms with Crippen LogP contribution in [0.1, 0.15) is 46.0 Å². The Kier molecular flexibility index (Phi) is 30.4. The van der Waals surface area contributed by atoms with Crippen LogP contribution in [-0.4, -0.2) is 106 Å². The third-order valence-electron chi connectivity index (χ3n) is 4.47.